The van der Waals surface area contributed by atoms with Crippen LogP contribution in [0.15, 0.2) is 0 Å². The van der Waals surface area contributed by atoms with Crippen molar-refractivity contribution in [1.29, 1.82) is 0 Å². The molecule has 1 fully saturated rings. The summed E-state index contributed by atoms with van der Waals surface area (Å²) in [7, 11) is -2.90. The van der Waals surface area contributed by atoms with Crippen LogP contribution in [-0.2, 0) is 14.6 Å². The highest BCUT2D eigenvalue weighted by molar-refractivity contribution is 7.91. The molecule has 5 nitrogen and oxygen atoms in total. The van der Waals surface area contributed by atoms with Crippen molar-refractivity contribution in [3.63, 3.8) is 0 Å². The molecule has 1 heterocycles. The Hall–Kier alpha value is -0.620. The molecule has 2 unspecified atom stereocenters. The summed E-state index contributed by atoms with van der Waals surface area (Å²) in [5, 5.41) is 8.83. The number of nitrogens with zero attached hydrogens (tertiary/aromatic N) is 1. The van der Waals surface area contributed by atoms with Gasteiger partial charge in [-0.1, -0.05) is 13.8 Å². The maximum Gasteiger partial charge on any atom is 0.307 e. The third kappa shape index (κ3) is 3.45. The Morgan fingerprint density at radius 2 is 2.19 bits per heavy atom. The van der Waals surface area contributed by atoms with Gasteiger partial charge in [-0.15, -0.1) is 0 Å². The Bertz CT molecular complexity index is 352. The monoisotopic (exact) mass is 249 g/mol. The average Bonchev–Trinajstić information content (AvgIpc) is 2.54. The molecule has 0 radical (unpaired) electrons. The van der Waals surface area contributed by atoms with Gasteiger partial charge >= 0.3 is 5.97 Å². The van der Waals surface area contributed by atoms with Gasteiger partial charge in [-0.2, -0.15) is 0 Å². The quantitative estimate of drug-likeness (QED) is 0.754. The highest BCUT2D eigenvalue weighted by Crippen LogP contribution is 2.18. The number of hydrogen-bond donors (Lipinski definition) is 1. The van der Waals surface area contributed by atoms with Crippen LogP contribution in [0.3, 0.4) is 0 Å². The van der Waals surface area contributed by atoms with Crippen molar-refractivity contribution in [2.75, 3.05) is 24.6 Å². The second-order valence-corrected chi connectivity index (χ2v) is 6.61. The lowest BCUT2D eigenvalue weighted by Gasteiger charge is -2.27. The molecule has 1 N–H and O–H groups in total. The number of carboxylic acids is 1. The molecule has 0 aromatic carbocycles. The first kappa shape index (κ1) is 13.4. The summed E-state index contributed by atoms with van der Waals surface area (Å²) in [6, 6.07) is -0.00296. The number of hydrogen-bond acceptors (Lipinski definition) is 4. The van der Waals surface area contributed by atoms with Gasteiger partial charge < -0.3 is 5.11 Å². The third-order valence-electron chi connectivity index (χ3n) is 3.06. The molecule has 1 aliphatic rings. The molecule has 0 aliphatic carbocycles. The minimum atomic E-state index is -2.90. The molecule has 0 saturated carbocycles. The fourth-order valence-electron chi connectivity index (χ4n) is 2.03. The third-order valence-corrected chi connectivity index (χ3v) is 4.81. The van der Waals surface area contributed by atoms with E-state index in [0.717, 1.165) is 0 Å². The Morgan fingerprint density at radius 3 is 2.56 bits per heavy atom. The summed E-state index contributed by atoms with van der Waals surface area (Å²) in [6.07, 6.45) is 0.627. The molecule has 0 aromatic rings. The van der Waals surface area contributed by atoms with Crippen LogP contribution in [0.5, 0.6) is 0 Å². The number of carboxylic acid groups (broad SMARTS) is 1. The Balaban J connectivity index is 2.59. The zero-order valence-corrected chi connectivity index (χ0v) is 10.5. The lowest BCUT2D eigenvalue weighted by molar-refractivity contribution is -0.141. The smallest absolute Gasteiger partial charge is 0.307 e. The first-order chi connectivity index (χ1) is 7.35. The molecule has 0 bridgehead atoms. The zero-order chi connectivity index (χ0) is 12.3. The van der Waals surface area contributed by atoms with Gasteiger partial charge in [0.2, 0.25) is 0 Å². The maximum absolute atomic E-state index is 11.3. The van der Waals surface area contributed by atoms with Gasteiger partial charge in [0.25, 0.3) is 0 Å². The molecule has 1 saturated heterocycles. The highest BCUT2D eigenvalue weighted by atomic mass is 32.2. The van der Waals surface area contributed by atoms with Gasteiger partial charge in [0, 0.05) is 12.6 Å². The minimum Gasteiger partial charge on any atom is -0.481 e. The van der Waals surface area contributed by atoms with E-state index in [-0.39, 0.29) is 17.5 Å². The predicted octanol–water partition coefficient (Wildman–Crippen LogP) is 0.216. The standard InChI is InChI=1S/C10H19NO4S/c1-3-11(6-8(2)10(12)13)9-4-5-16(14,15)7-9/h8-9H,3-7H2,1-2H3,(H,12,13). The topological polar surface area (TPSA) is 74.7 Å². The van der Waals surface area contributed by atoms with Crippen LogP contribution < -0.4 is 0 Å². The van der Waals surface area contributed by atoms with Crippen LogP contribution in [0.2, 0.25) is 0 Å². The van der Waals surface area contributed by atoms with Gasteiger partial charge in [-0.25, -0.2) is 8.42 Å². The van der Waals surface area contributed by atoms with Gasteiger partial charge in [0.15, 0.2) is 9.84 Å². The number of rotatable bonds is 5. The number of aliphatic carboxylic acids is 1. The first-order valence-electron chi connectivity index (χ1n) is 5.53. The average molecular weight is 249 g/mol. The summed E-state index contributed by atoms with van der Waals surface area (Å²) >= 11 is 0. The van der Waals surface area contributed by atoms with E-state index in [9.17, 15) is 13.2 Å². The fraction of sp³-hybridized carbons (Fsp3) is 0.900. The minimum absolute atomic E-state index is 0.00296. The van der Waals surface area contributed by atoms with Gasteiger partial charge in [-0.3, -0.25) is 9.69 Å². The van der Waals surface area contributed by atoms with Crippen molar-refractivity contribution >= 4 is 15.8 Å². The van der Waals surface area contributed by atoms with Crippen molar-refractivity contribution < 1.29 is 18.3 Å². The van der Waals surface area contributed by atoms with Gasteiger partial charge in [0.05, 0.1) is 17.4 Å². The van der Waals surface area contributed by atoms with E-state index in [1.807, 2.05) is 11.8 Å². The molecule has 0 aromatic heterocycles. The van der Waals surface area contributed by atoms with E-state index >= 15 is 0 Å². The van der Waals surface area contributed by atoms with Crippen LogP contribution >= 0.6 is 0 Å². The molecule has 6 heteroatoms. The second kappa shape index (κ2) is 5.14. The highest BCUT2D eigenvalue weighted by Gasteiger charge is 2.32. The zero-order valence-electron chi connectivity index (χ0n) is 9.72. The van der Waals surface area contributed by atoms with E-state index in [2.05, 4.69) is 0 Å². The summed E-state index contributed by atoms with van der Waals surface area (Å²) in [4.78, 5) is 12.7. The van der Waals surface area contributed by atoms with Crippen molar-refractivity contribution in [2.45, 2.75) is 26.3 Å². The molecule has 16 heavy (non-hydrogen) atoms. The predicted molar refractivity (Wildman–Crippen MR) is 61.1 cm³/mol. The first-order valence-corrected chi connectivity index (χ1v) is 7.35. The van der Waals surface area contributed by atoms with Gasteiger partial charge in [0.1, 0.15) is 0 Å². The van der Waals surface area contributed by atoms with E-state index in [0.29, 0.717) is 19.5 Å². The number of sulfone groups is 1. The van der Waals surface area contributed by atoms with E-state index in [1.54, 1.807) is 6.92 Å². The van der Waals surface area contributed by atoms with Crippen LogP contribution in [0.1, 0.15) is 20.3 Å². The van der Waals surface area contributed by atoms with Gasteiger partial charge in [-0.05, 0) is 13.0 Å². The van der Waals surface area contributed by atoms with Crippen LogP contribution in [0.4, 0.5) is 0 Å². The maximum atomic E-state index is 11.3. The van der Waals surface area contributed by atoms with Crippen molar-refractivity contribution in [1.82, 2.24) is 4.90 Å². The van der Waals surface area contributed by atoms with E-state index < -0.39 is 21.7 Å². The lowest BCUT2D eigenvalue weighted by atomic mass is 10.1. The van der Waals surface area contributed by atoms with Crippen molar-refractivity contribution in [2.24, 2.45) is 5.92 Å². The van der Waals surface area contributed by atoms with Crippen LogP contribution in [-0.4, -0.2) is 55.0 Å². The summed E-state index contributed by atoms with van der Waals surface area (Å²) < 4.78 is 22.7. The van der Waals surface area contributed by atoms with Crippen molar-refractivity contribution in [3.05, 3.63) is 0 Å². The SMILES string of the molecule is CCN(CC(C)C(=O)O)C1CCS(=O)(=O)C1. The summed E-state index contributed by atoms with van der Waals surface area (Å²) in [5.74, 6) is -0.884. The van der Waals surface area contributed by atoms with E-state index in [1.165, 1.54) is 0 Å². The second-order valence-electron chi connectivity index (χ2n) is 4.38. The molecule has 2 atom stereocenters. The largest absolute Gasteiger partial charge is 0.481 e. The van der Waals surface area contributed by atoms with Crippen molar-refractivity contribution in [3.8, 4) is 0 Å². The molecular formula is C10H19NO4S. The molecular weight excluding hydrogens is 230 g/mol. The fourth-order valence-corrected chi connectivity index (χ4v) is 3.79. The summed E-state index contributed by atoms with van der Waals surface area (Å²) in [6.45, 7) is 4.69. The Labute approximate surface area is 96.4 Å². The number of carbonyl (C=O) groups is 1. The lowest BCUT2D eigenvalue weighted by Crippen LogP contribution is -2.40. The molecule has 94 valence electrons. The molecule has 0 spiro atoms. The normalized spacial score (nSPS) is 25.8. The van der Waals surface area contributed by atoms with Crippen LogP contribution in [0, 0.1) is 5.92 Å². The summed E-state index contributed by atoms with van der Waals surface area (Å²) in [5.41, 5.74) is 0. The molecule has 0 amide bonds. The Kier molecular flexibility index (Phi) is 4.32. The Morgan fingerprint density at radius 1 is 1.56 bits per heavy atom. The van der Waals surface area contributed by atoms with E-state index in [4.69, 9.17) is 5.11 Å². The van der Waals surface area contributed by atoms with Crippen LogP contribution in [0.25, 0.3) is 0 Å². The molecule has 1 aliphatic heterocycles. The molecule has 1 rings (SSSR count).